The topological polar surface area (TPSA) is 121 Å². The van der Waals surface area contributed by atoms with Crippen molar-refractivity contribution >= 4 is 39.3 Å². The normalized spacial score (nSPS) is 16.6. The molecular weight excluding hydrogens is 520 g/mol. The van der Waals surface area contributed by atoms with Crippen LogP contribution in [0.1, 0.15) is 22.6 Å². The van der Waals surface area contributed by atoms with E-state index in [0.29, 0.717) is 48.0 Å². The molecule has 10 nitrogen and oxygen atoms in total. The lowest BCUT2D eigenvalue weighted by Gasteiger charge is -2.32. The lowest BCUT2D eigenvalue weighted by atomic mass is 9.80. The fourth-order valence-electron chi connectivity index (χ4n) is 5.31. The van der Waals surface area contributed by atoms with Crippen molar-refractivity contribution in [3.63, 3.8) is 0 Å². The highest BCUT2D eigenvalue weighted by atomic mass is 32.1. The van der Waals surface area contributed by atoms with Crippen LogP contribution in [0, 0.1) is 5.41 Å². The van der Waals surface area contributed by atoms with Crippen LogP contribution in [0.2, 0.25) is 0 Å². The van der Waals surface area contributed by atoms with Crippen LogP contribution >= 0.6 is 11.3 Å². The fourth-order valence-corrected chi connectivity index (χ4v) is 6.23. The number of thiazole rings is 1. The quantitative estimate of drug-likeness (QED) is 0.415. The second kappa shape index (κ2) is 11.2. The number of piperazine rings is 1. The molecule has 2 aliphatic rings. The molecule has 0 unspecified atom stereocenters. The van der Waals surface area contributed by atoms with Gasteiger partial charge in [-0.25, -0.2) is 4.98 Å². The van der Waals surface area contributed by atoms with Crippen LogP contribution in [0.15, 0.2) is 36.4 Å². The summed E-state index contributed by atoms with van der Waals surface area (Å²) in [5.41, 5.74) is 1.67. The van der Waals surface area contributed by atoms with Gasteiger partial charge in [0, 0.05) is 38.3 Å². The van der Waals surface area contributed by atoms with Crippen molar-refractivity contribution < 1.29 is 29.0 Å². The zero-order valence-electron chi connectivity index (χ0n) is 22.1. The monoisotopic (exact) mass is 552 g/mol. The van der Waals surface area contributed by atoms with Crippen molar-refractivity contribution in [3.05, 3.63) is 52.5 Å². The van der Waals surface area contributed by atoms with Gasteiger partial charge >= 0.3 is 5.97 Å². The van der Waals surface area contributed by atoms with Gasteiger partial charge in [0.15, 0.2) is 18.1 Å². The summed E-state index contributed by atoms with van der Waals surface area (Å²) in [5.74, 6) is -0.432. The maximum Gasteiger partial charge on any atom is 0.304 e. The first-order chi connectivity index (χ1) is 18.8. The zero-order chi connectivity index (χ0) is 27.6. The predicted molar refractivity (Wildman–Crippen MR) is 146 cm³/mol. The van der Waals surface area contributed by atoms with Crippen LogP contribution in [0.25, 0.3) is 10.2 Å². The number of nitrogens with one attached hydrogen (secondary N) is 1. The molecule has 0 atom stereocenters. The third-order valence-electron chi connectivity index (χ3n) is 7.47. The van der Waals surface area contributed by atoms with Crippen molar-refractivity contribution in [2.75, 3.05) is 46.9 Å². The molecule has 11 heteroatoms. The molecule has 39 heavy (non-hydrogen) atoms. The number of likely N-dealkylation sites (N-methyl/N-ethyl adjacent to an activating group) is 1. The van der Waals surface area contributed by atoms with Crippen molar-refractivity contribution in [3.8, 4) is 11.5 Å². The summed E-state index contributed by atoms with van der Waals surface area (Å²) >= 11 is 1.41. The number of hydrogen-bond acceptors (Lipinski definition) is 8. The highest BCUT2D eigenvalue weighted by Crippen LogP contribution is 2.40. The maximum absolute atomic E-state index is 13.3. The number of aromatic nitrogens is 1. The summed E-state index contributed by atoms with van der Waals surface area (Å²) in [6, 6.07) is 11.3. The molecule has 2 N–H and O–H groups in total. The van der Waals surface area contributed by atoms with E-state index in [0.717, 1.165) is 28.9 Å². The first-order valence-corrected chi connectivity index (χ1v) is 13.7. The van der Waals surface area contributed by atoms with Crippen molar-refractivity contribution in [2.45, 2.75) is 25.8 Å². The minimum Gasteiger partial charge on any atom is -0.493 e. The van der Waals surface area contributed by atoms with E-state index in [1.165, 1.54) is 11.3 Å². The second-order valence-corrected chi connectivity index (χ2v) is 11.3. The molecule has 2 heterocycles. The Hall–Kier alpha value is -3.70. The van der Waals surface area contributed by atoms with E-state index in [4.69, 9.17) is 9.47 Å². The Balaban J connectivity index is 1.26. The van der Waals surface area contributed by atoms with Gasteiger partial charge in [-0.05, 0) is 31.0 Å². The molecule has 0 bridgehead atoms. The third kappa shape index (κ3) is 5.84. The van der Waals surface area contributed by atoms with E-state index in [2.05, 4.69) is 15.2 Å². The second-order valence-electron chi connectivity index (χ2n) is 10.2. The summed E-state index contributed by atoms with van der Waals surface area (Å²) in [4.78, 5) is 46.2. The zero-order valence-corrected chi connectivity index (χ0v) is 22.9. The number of carbonyl (C=O) groups is 3. The van der Waals surface area contributed by atoms with Gasteiger partial charge in [0.1, 0.15) is 5.01 Å². The van der Waals surface area contributed by atoms with Crippen LogP contribution in [0.4, 0.5) is 0 Å². The minimum absolute atomic E-state index is 0.0729. The Morgan fingerprint density at radius 3 is 2.41 bits per heavy atom. The van der Waals surface area contributed by atoms with Crippen molar-refractivity contribution in [1.29, 1.82) is 0 Å². The standard InChI is InChI=1S/C28H32N4O6S/c1-31-7-9-32(10-8-31)25(33)17-38-22-11-20-23(12-21(22)37-2)39-24(30-20)16-29-27(36)28(15-26(34)35)13-18-5-3-4-6-19(18)14-28/h3-6,11-12H,7-10,13-17H2,1-2H3,(H,29,36)(H,34,35). The highest BCUT2D eigenvalue weighted by Gasteiger charge is 2.45. The van der Waals surface area contributed by atoms with Crippen LogP contribution < -0.4 is 14.8 Å². The van der Waals surface area contributed by atoms with Gasteiger partial charge in [-0.2, -0.15) is 0 Å². The number of benzene rings is 2. The molecule has 5 rings (SSSR count). The Bertz CT molecular complexity index is 1370. The van der Waals surface area contributed by atoms with Gasteiger partial charge in [0.05, 0.1) is 35.7 Å². The van der Waals surface area contributed by atoms with Crippen LogP contribution in [0.3, 0.4) is 0 Å². The Morgan fingerprint density at radius 2 is 1.77 bits per heavy atom. The number of nitrogens with zero attached hydrogens (tertiary/aromatic N) is 3. The molecule has 0 radical (unpaired) electrons. The number of aliphatic carboxylic acids is 1. The highest BCUT2D eigenvalue weighted by molar-refractivity contribution is 7.18. The molecule has 2 aromatic carbocycles. The number of carboxylic acids is 1. The molecule has 1 aliphatic heterocycles. The van der Waals surface area contributed by atoms with Gasteiger partial charge < -0.3 is 29.7 Å². The number of ether oxygens (including phenoxy) is 2. The SMILES string of the molecule is COc1cc2sc(CNC(=O)C3(CC(=O)O)Cc4ccccc4C3)nc2cc1OCC(=O)N1CCN(C)CC1. The van der Waals surface area contributed by atoms with E-state index in [1.807, 2.05) is 37.4 Å². The third-order valence-corrected chi connectivity index (χ3v) is 8.49. The van der Waals surface area contributed by atoms with Crippen LogP contribution in [0.5, 0.6) is 11.5 Å². The van der Waals surface area contributed by atoms with E-state index in [-0.39, 0.29) is 31.4 Å². The summed E-state index contributed by atoms with van der Waals surface area (Å²) < 4.78 is 12.2. The molecule has 3 aromatic rings. The van der Waals surface area contributed by atoms with Crippen molar-refractivity contribution in [1.82, 2.24) is 20.1 Å². The molecular formula is C28H32N4O6S. The van der Waals surface area contributed by atoms with E-state index < -0.39 is 11.4 Å². The number of carboxylic acid groups (broad SMARTS) is 1. The van der Waals surface area contributed by atoms with Gasteiger partial charge in [-0.3, -0.25) is 14.4 Å². The average Bonchev–Trinajstić information content (AvgIpc) is 3.50. The lowest BCUT2D eigenvalue weighted by Crippen LogP contribution is -2.48. The minimum atomic E-state index is -1.02. The van der Waals surface area contributed by atoms with Crippen molar-refractivity contribution in [2.24, 2.45) is 5.41 Å². The molecule has 206 valence electrons. The smallest absolute Gasteiger partial charge is 0.304 e. The molecule has 0 spiro atoms. The molecule has 1 aromatic heterocycles. The Labute approximate surface area is 230 Å². The summed E-state index contributed by atoms with van der Waals surface area (Å²) in [6.07, 6.45) is 0.551. The first-order valence-electron chi connectivity index (χ1n) is 12.9. The number of amides is 2. The molecule has 1 saturated heterocycles. The molecule has 1 aliphatic carbocycles. The number of methoxy groups -OCH3 is 1. The summed E-state index contributed by atoms with van der Waals surface area (Å²) in [7, 11) is 3.58. The lowest BCUT2D eigenvalue weighted by molar-refractivity contribution is -0.145. The number of hydrogen-bond donors (Lipinski definition) is 2. The van der Waals surface area contributed by atoms with E-state index in [1.54, 1.807) is 18.1 Å². The maximum atomic E-state index is 13.3. The molecule has 0 saturated carbocycles. The summed E-state index contributed by atoms with van der Waals surface area (Å²) in [5, 5.41) is 13.2. The molecule has 2 amide bonds. The van der Waals surface area contributed by atoms with E-state index in [9.17, 15) is 19.5 Å². The van der Waals surface area contributed by atoms with Gasteiger partial charge in [0.25, 0.3) is 5.91 Å². The van der Waals surface area contributed by atoms with Gasteiger partial charge in [0.2, 0.25) is 5.91 Å². The largest absolute Gasteiger partial charge is 0.493 e. The Morgan fingerprint density at radius 1 is 1.08 bits per heavy atom. The fraction of sp³-hybridized carbons (Fsp3) is 0.429. The number of fused-ring (bicyclic) bond motifs is 2. The van der Waals surface area contributed by atoms with Crippen LogP contribution in [-0.2, 0) is 33.8 Å². The number of carbonyl (C=O) groups excluding carboxylic acids is 2. The number of rotatable bonds is 9. The Kier molecular flexibility index (Phi) is 7.72. The predicted octanol–water partition coefficient (Wildman–Crippen LogP) is 2.33. The van der Waals surface area contributed by atoms with Gasteiger partial charge in [-0.1, -0.05) is 24.3 Å². The van der Waals surface area contributed by atoms with Crippen LogP contribution in [-0.4, -0.2) is 84.6 Å². The first kappa shape index (κ1) is 26.9. The average molecular weight is 553 g/mol. The summed E-state index contributed by atoms with van der Waals surface area (Å²) in [6.45, 7) is 3.11. The van der Waals surface area contributed by atoms with E-state index >= 15 is 0 Å². The molecule has 1 fully saturated rings. The van der Waals surface area contributed by atoms with Gasteiger partial charge in [-0.15, -0.1) is 11.3 Å².